The molecule has 0 saturated carbocycles. The monoisotopic (exact) mass is 286 g/mol. The number of nitrogens with one attached hydrogen (secondary N) is 1. The molecule has 21 heavy (non-hydrogen) atoms. The molecule has 1 N–H and O–H groups in total. The van der Waals surface area contributed by atoms with E-state index < -0.39 is 0 Å². The van der Waals surface area contributed by atoms with Crippen LogP contribution >= 0.6 is 0 Å². The van der Waals surface area contributed by atoms with Gasteiger partial charge < -0.3 is 10.2 Å². The average molecular weight is 286 g/mol. The SMILES string of the molecule is CC(C)C1CCCN(CC2NCCc3ccccc32)CC1. The number of nitrogens with zero attached hydrogens (tertiary/aromatic N) is 1. The van der Waals surface area contributed by atoms with Gasteiger partial charge in [-0.25, -0.2) is 0 Å². The molecule has 2 heterocycles. The molecule has 1 saturated heterocycles. The minimum atomic E-state index is 0.533. The van der Waals surface area contributed by atoms with Crippen LogP contribution in [0.15, 0.2) is 24.3 Å². The van der Waals surface area contributed by atoms with Gasteiger partial charge in [0.05, 0.1) is 0 Å². The van der Waals surface area contributed by atoms with E-state index in [2.05, 4.69) is 48.3 Å². The van der Waals surface area contributed by atoms with Crippen LogP contribution in [-0.4, -0.2) is 31.1 Å². The molecule has 0 bridgehead atoms. The molecule has 2 unspecified atom stereocenters. The van der Waals surface area contributed by atoms with E-state index in [1.807, 2.05) is 0 Å². The van der Waals surface area contributed by atoms with E-state index in [0.29, 0.717) is 6.04 Å². The fourth-order valence-corrected chi connectivity index (χ4v) is 4.04. The summed E-state index contributed by atoms with van der Waals surface area (Å²) in [4.78, 5) is 2.70. The number of hydrogen-bond donors (Lipinski definition) is 1. The first-order valence-corrected chi connectivity index (χ1v) is 8.77. The van der Waals surface area contributed by atoms with Crippen LogP contribution in [0.1, 0.15) is 50.3 Å². The van der Waals surface area contributed by atoms with Crippen molar-refractivity contribution in [3.8, 4) is 0 Å². The van der Waals surface area contributed by atoms with E-state index in [1.54, 1.807) is 5.56 Å². The van der Waals surface area contributed by atoms with Gasteiger partial charge in [0.2, 0.25) is 0 Å². The summed E-state index contributed by atoms with van der Waals surface area (Å²) in [6, 6.07) is 9.53. The lowest BCUT2D eigenvalue weighted by atomic mass is 9.89. The second-order valence-electron chi connectivity index (χ2n) is 7.19. The molecule has 3 rings (SSSR count). The van der Waals surface area contributed by atoms with E-state index in [0.717, 1.165) is 18.4 Å². The van der Waals surface area contributed by atoms with Crippen molar-refractivity contribution in [3.63, 3.8) is 0 Å². The van der Waals surface area contributed by atoms with Gasteiger partial charge in [0, 0.05) is 12.6 Å². The van der Waals surface area contributed by atoms with E-state index in [4.69, 9.17) is 0 Å². The maximum atomic E-state index is 3.74. The number of fused-ring (bicyclic) bond motifs is 1. The van der Waals surface area contributed by atoms with Crippen LogP contribution in [0.25, 0.3) is 0 Å². The predicted molar refractivity (Wildman–Crippen MR) is 89.5 cm³/mol. The molecule has 2 heteroatoms. The maximum Gasteiger partial charge on any atom is 0.0452 e. The van der Waals surface area contributed by atoms with Gasteiger partial charge in [-0.05, 0) is 68.3 Å². The second-order valence-corrected chi connectivity index (χ2v) is 7.19. The normalized spacial score (nSPS) is 27.4. The maximum absolute atomic E-state index is 3.74. The van der Waals surface area contributed by atoms with E-state index in [1.165, 1.54) is 50.9 Å². The lowest BCUT2D eigenvalue weighted by Crippen LogP contribution is -2.39. The Balaban J connectivity index is 1.62. The molecule has 0 radical (unpaired) electrons. The first kappa shape index (κ1) is 15.1. The van der Waals surface area contributed by atoms with Crippen molar-refractivity contribution in [1.82, 2.24) is 10.2 Å². The third-order valence-electron chi connectivity index (χ3n) is 5.46. The lowest BCUT2D eigenvalue weighted by molar-refractivity contribution is 0.240. The first-order chi connectivity index (χ1) is 10.2. The van der Waals surface area contributed by atoms with Gasteiger partial charge >= 0.3 is 0 Å². The lowest BCUT2D eigenvalue weighted by Gasteiger charge is -2.32. The first-order valence-electron chi connectivity index (χ1n) is 8.77. The van der Waals surface area contributed by atoms with Crippen molar-refractivity contribution < 1.29 is 0 Å². The quantitative estimate of drug-likeness (QED) is 0.913. The molecule has 2 aliphatic heterocycles. The zero-order valence-corrected chi connectivity index (χ0v) is 13.6. The molecule has 2 atom stereocenters. The molecule has 0 amide bonds. The number of benzene rings is 1. The van der Waals surface area contributed by atoms with Crippen LogP contribution in [0, 0.1) is 11.8 Å². The summed E-state index contributed by atoms with van der Waals surface area (Å²) in [5.74, 6) is 1.78. The molecular weight excluding hydrogens is 256 g/mol. The smallest absolute Gasteiger partial charge is 0.0452 e. The van der Waals surface area contributed by atoms with Gasteiger partial charge in [-0.2, -0.15) is 0 Å². The Labute approximate surface area is 129 Å². The largest absolute Gasteiger partial charge is 0.309 e. The number of hydrogen-bond acceptors (Lipinski definition) is 2. The van der Waals surface area contributed by atoms with Crippen molar-refractivity contribution >= 4 is 0 Å². The summed E-state index contributed by atoms with van der Waals surface area (Å²) in [5, 5.41) is 3.74. The molecule has 0 spiro atoms. The average Bonchev–Trinajstić information content (AvgIpc) is 2.73. The Kier molecular flexibility index (Phi) is 4.97. The Morgan fingerprint density at radius 1 is 1.19 bits per heavy atom. The summed E-state index contributed by atoms with van der Waals surface area (Å²) in [6.07, 6.45) is 5.36. The molecule has 0 aliphatic carbocycles. The highest BCUT2D eigenvalue weighted by molar-refractivity contribution is 5.32. The standard InChI is InChI=1S/C19H30N2/c1-15(2)16-7-5-12-21(13-10-16)14-19-18-8-4-3-6-17(18)9-11-20-19/h3-4,6,8,15-16,19-20H,5,7,9-14H2,1-2H3. The highest BCUT2D eigenvalue weighted by Gasteiger charge is 2.24. The molecule has 2 nitrogen and oxygen atoms in total. The number of likely N-dealkylation sites (tertiary alicyclic amines) is 1. The fraction of sp³-hybridized carbons (Fsp3) is 0.684. The van der Waals surface area contributed by atoms with Crippen LogP contribution in [0.2, 0.25) is 0 Å². The minimum Gasteiger partial charge on any atom is -0.309 e. The van der Waals surface area contributed by atoms with Gasteiger partial charge in [0.15, 0.2) is 0 Å². The third-order valence-corrected chi connectivity index (χ3v) is 5.46. The van der Waals surface area contributed by atoms with Gasteiger partial charge in [0.25, 0.3) is 0 Å². The van der Waals surface area contributed by atoms with Crippen molar-refractivity contribution in [2.45, 2.75) is 45.6 Å². The van der Waals surface area contributed by atoms with Crippen molar-refractivity contribution in [2.24, 2.45) is 11.8 Å². The molecule has 116 valence electrons. The summed E-state index contributed by atoms with van der Waals surface area (Å²) in [7, 11) is 0. The van der Waals surface area contributed by atoms with Gasteiger partial charge in [-0.3, -0.25) is 0 Å². The molecule has 2 aliphatic rings. The van der Waals surface area contributed by atoms with Crippen molar-refractivity contribution in [1.29, 1.82) is 0 Å². The van der Waals surface area contributed by atoms with Crippen molar-refractivity contribution in [2.75, 3.05) is 26.2 Å². The Hall–Kier alpha value is -0.860. The van der Waals surface area contributed by atoms with Crippen LogP contribution in [0.3, 0.4) is 0 Å². The zero-order chi connectivity index (χ0) is 14.7. The minimum absolute atomic E-state index is 0.533. The highest BCUT2D eigenvalue weighted by Crippen LogP contribution is 2.27. The summed E-state index contributed by atoms with van der Waals surface area (Å²) >= 11 is 0. The molecule has 1 aromatic rings. The van der Waals surface area contributed by atoms with E-state index >= 15 is 0 Å². The third kappa shape index (κ3) is 3.67. The zero-order valence-electron chi connectivity index (χ0n) is 13.6. The summed E-state index contributed by atoms with van der Waals surface area (Å²) < 4.78 is 0. The Bertz CT molecular complexity index is 455. The summed E-state index contributed by atoms with van der Waals surface area (Å²) in [6.45, 7) is 9.65. The van der Waals surface area contributed by atoms with Gasteiger partial charge in [-0.15, -0.1) is 0 Å². The van der Waals surface area contributed by atoms with Crippen LogP contribution < -0.4 is 5.32 Å². The molecule has 0 aromatic heterocycles. The predicted octanol–water partition coefficient (Wildman–Crippen LogP) is 3.63. The molecule has 1 fully saturated rings. The second kappa shape index (κ2) is 6.93. The van der Waals surface area contributed by atoms with Crippen LogP contribution in [0.5, 0.6) is 0 Å². The topological polar surface area (TPSA) is 15.3 Å². The molecular formula is C19H30N2. The Morgan fingerprint density at radius 3 is 2.90 bits per heavy atom. The highest BCUT2D eigenvalue weighted by atomic mass is 15.1. The number of rotatable bonds is 3. The van der Waals surface area contributed by atoms with Crippen LogP contribution in [0.4, 0.5) is 0 Å². The van der Waals surface area contributed by atoms with Crippen molar-refractivity contribution in [3.05, 3.63) is 35.4 Å². The van der Waals surface area contributed by atoms with E-state index in [-0.39, 0.29) is 0 Å². The van der Waals surface area contributed by atoms with Gasteiger partial charge in [-0.1, -0.05) is 38.1 Å². The summed E-state index contributed by atoms with van der Waals surface area (Å²) in [5.41, 5.74) is 3.09. The van der Waals surface area contributed by atoms with Gasteiger partial charge in [0.1, 0.15) is 0 Å². The van der Waals surface area contributed by atoms with E-state index in [9.17, 15) is 0 Å². The Morgan fingerprint density at radius 2 is 2.05 bits per heavy atom. The van der Waals surface area contributed by atoms with Crippen LogP contribution in [-0.2, 0) is 6.42 Å². The molecule has 1 aromatic carbocycles. The fourth-order valence-electron chi connectivity index (χ4n) is 4.04.